The van der Waals surface area contributed by atoms with E-state index in [1.807, 2.05) is 13.8 Å². The fourth-order valence-electron chi connectivity index (χ4n) is 2.67. The standard InChI is InChI=1S/C21H21N3O4/c1-13-20(14(2)28-24-13)12-27-19-9-4-6-16(10-19)21(26)23-18-8-5-7-17(11-18)22-15(3)25/h4-11H,12H2,1-3H3,(H,22,25)(H,23,26). The molecule has 0 fully saturated rings. The Labute approximate surface area is 162 Å². The second-order valence-electron chi connectivity index (χ2n) is 6.34. The van der Waals surface area contributed by atoms with Gasteiger partial charge in [-0.1, -0.05) is 17.3 Å². The lowest BCUT2D eigenvalue weighted by atomic mass is 10.2. The van der Waals surface area contributed by atoms with E-state index in [-0.39, 0.29) is 11.8 Å². The average Bonchev–Trinajstić information content (AvgIpc) is 2.98. The molecule has 0 atom stereocenters. The van der Waals surface area contributed by atoms with Crippen molar-refractivity contribution in [3.05, 3.63) is 71.1 Å². The van der Waals surface area contributed by atoms with Crippen LogP contribution in [0.5, 0.6) is 5.75 Å². The predicted molar refractivity (Wildman–Crippen MR) is 105 cm³/mol. The largest absolute Gasteiger partial charge is 0.489 e. The molecule has 2 amide bonds. The van der Waals surface area contributed by atoms with Crippen LogP contribution in [-0.2, 0) is 11.4 Å². The maximum Gasteiger partial charge on any atom is 0.255 e. The first-order valence-corrected chi connectivity index (χ1v) is 8.76. The first-order valence-electron chi connectivity index (χ1n) is 8.76. The molecule has 0 saturated heterocycles. The minimum Gasteiger partial charge on any atom is -0.489 e. The van der Waals surface area contributed by atoms with Crippen molar-refractivity contribution in [3.8, 4) is 5.75 Å². The SMILES string of the molecule is CC(=O)Nc1cccc(NC(=O)c2cccc(OCc3c(C)noc3C)c2)c1. The zero-order valence-corrected chi connectivity index (χ0v) is 15.9. The number of hydrogen-bond donors (Lipinski definition) is 2. The Morgan fingerprint density at radius 3 is 2.43 bits per heavy atom. The van der Waals surface area contributed by atoms with Gasteiger partial charge >= 0.3 is 0 Å². The van der Waals surface area contributed by atoms with Crippen LogP contribution < -0.4 is 15.4 Å². The van der Waals surface area contributed by atoms with E-state index in [1.165, 1.54) is 6.92 Å². The van der Waals surface area contributed by atoms with Crippen molar-refractivity contribution in [1.82, 2.24) is 5.16 Å². The van der Waals surface area contributed by atoms with Gasteiger partial charge in [0, 0.05) is 23.9 Å². The van der Waals surface area contributed by atoms with Gasteiger partial charge in [-0.05, 0) is 50.2 Å². The monoisotopic (exact) mass is 379 g/mol. The minimum atomic E-state index is -0.275. The van der Waals surface area contributed by atoms with Crippen LogP contribution in [0.25, 0.3) is 0 Å². The zero-order chi connectivity index (χ0) is 20.1. The van der Waals surface area contributed by atoms with Gasteiger partial charge in [0.2, 0.25) is 5.91 Å². The van der Waals surface area contributed by atoms with E-state index in [2.05, 4.69) is 15.8 Å². The first-order chi connectivity index (χ1) is 13.4. The van der Waals surface area contributed by atoms with Gasteiger partial charge in [0.1, 0.15) is 18.1 Å². The number of nitrogens with one attached hydrogen (secondary N) is 2. The van der Waals surface area contributed by atoms with Crippen molar-refractivity contribution < 1.29 is 18.8 Å². The van der Waals surface area contributed by atoms with E-state index >= 15 is 0 Å². The van der Waals surface area contributed by atoms with Crippen LogP contribution in [-0.4, -0.2) is 17.0 Å². The van der Waals surface area contributed by atoms with Crippen molar-refractivity contribution in [2.24, 2.45) is 0 Å². The van der Waals surface area contributed by atoms with Gasteiger partial charge < -0.3 is 19.9 Å². The number of aryl methyl sites for hydroxylation is 2. The third-order valence-corrected chi connectivity index (χ3v) is 4.10. The molecule has 1 aromatic heterocycles. The highest BCUT2D eigenvalue weighted by Crippen LogP contribution is 2.20. The molecule has 1 heterocycles. The Kier molecular flexibility index (Phi) is 5.74. The number of amides is 2. The predicted octanol–water partition coefficient (Wildman–Crippen LogP) is 4.08. The molecule has 3 aromatic rings. The fourth-order valence-corrected chi connectivity index (χ4v) is 2.67. The molecule has 0 aliphatic rings. The van der Waals surface area contributed by atoms with E-state index in [0.717, 1.165) is 11.3 Å². The molecule has 3 rings (SSSR count). The molecule has 0 saturated carbocycles. The molecular weight excluding hydrogens is 358 g/mol. The number of carbonyl (C=O) groups excluding carboxylic acids is 2. The first kappa shape index (κ1) is 19.2. The Balaban J connectivity index is 1.68. The van der Waals surface area contributed by atoms with Gasteiger partial charge in [-0.15, -0.1) is 0 Å². The Bertz CT molecular complexity index is 991. The highest BCUT2D eigenvalue weighted by molar-refractivity contribution is 6.04. The molecule has 0 aliphatic carbocycles. The van der Waals surface area contributed by atoms with Gasteiger partial charge in [0.15, 0.2) is 0 Å². The van der Waals surface area contributed by atoms with Gasteiger partial charge in [-0.2, -0.15) is 0 Å². The summed E-state index contributed by atoms with van der Waals surface area (Å²) in [6, 6.07) is 13.9. The molecule has 0 unspecified atom stereocenters. The fraction of sp³-hybridized carbons (Fsp3) is 0.190. The normalized spacial score (nSPS) is 10.4. The van der Waals surface area contributed by atoms with E-state index in [9.17, 15) is 9.59 Å². The second kappa shape index (κ2) is 8.39. The lowest BCUT2D eigenvalue weighted by Crippen LogP contribution is -2.12. The van der Waals surface area contributed by atoms with Crippen LogP contribution in [0.1, 0.15) is 34.3 Å². The van der Waals surface area contributed by atoms with Gasteiger partial charge in [0.05, 0.1) is 11.3 Å². The number of hydrogen-bond acceptors (Lipinski definition) is 5. The molecule has 0 bridgehead atoms. The number of anilines is 2. The summed E-state index contributed by atoms with van der Waals surface area (Å²) in [6.07, 6.45) is 0. The van der Waals surface area contributed by atoms with Crippen molar-refractivity contribution in [2.75, 3.05) is 10.6 Å². The van der Waals surface area contributed by atoms with Crippen molar-refractivity contribution in [2.45, 2.75) is 27.4 Å². The lowest BCUT2D eigenvalue weighted by Gasteiger charge is -2.10. The van der Waals surface area contributed by atoms with Crippen LogP contribution >= 0.6 is 0 Å². The number of nitrogens with zero attached hydrogens (tertiary/aromatic N) is 1. The Morgan fingerprint density at radius 1 is 1.04 bits per heavy atom. The topological polar surface area (TPSA) is 93.5 Å². The molecule has 2 N–H and O–H groups in total. The third-order valence-electron chi connectivity index (χ3n) is 4.10. The summed E-state index contributed by atoms with van der Waals surface area (Å²) in [4.78, 5) is 23.7. The van der Waals surface area contributed by atoms with Crippen LogP contribution in [0.15, 0.2) is 53.1 Å². The Morgan fingerprint density at radius 2 is 1.75 bits per heavy atom. The molecule has 0 aliphatic heterocycles. The number of rotatable bonds is 6. The summed E-state index contributed by atoms with van der Waals surface area (Å²) in [7, 11) is 0. The van der Waals surface area contributed by atoms with Crippen molar-refractivity contribution >= 4 is 23.2 Å². The van der Waals surface area contributed by atoms with Gasteiger partial charge in [-0.3, -0.25) is 9.59 Å². The summed E-state index contributed by atoms with van der Waals surface area (Å²) in [6.45, 7) is 5.43. The highest BCUT2D eigenvalue weighted by atomic mass is 16.5. The molecule has 0 radical (unpaired) electrons. The summed E-state index contributed by atoms with van der Waals surface area (Å²) < 4.78 is 10.9. The molecule has 7 nitrogen and oxygen atoms in total. The number of ether oxygens (including phenoxy) is 1. The van der Waals surface area contributed by atoms with Crippen molar-refractivity contribution in [1.29, 1.82) is 0 Å². The zero-order valence-electron chi connectivity index (χ0n) is 15.9. The summed E-state index contributed by atoms with van der Waals surface area (Å²) in [5, 5.41) is 9.40. The molecule has 28 heavy (non-hydrogen) atoms. The average molecular weight is 379 g/mol. The molecule has 0 spiro atoms. The van der Waals surface area contributed by atoms with Crippen LogP contribution in [0.2, 0.25) is 0 Å². The van der Waals surface area contributed by atoms with Crippen LogP contribution in [0.4, 0.5) is 11.4 Å². The quantitative estimate of drug-likeness (QED) is 0.673. The van der Waals surface area contributed by atoms with E-state index in [0.29, 0.717) is 35.1 Å². The summed E-state index contributed by atoms with van der Waals surface area (Å²) in [5.41, 5.74) is 3.33. The maximum atomic E-state index is 12.6. The molecule has 144 valence electrons. The maximum absolute atomic E-state index is 12.6. The summed E-state index contributed by atoms with van der Waals surface area (Å²) in [5.74, 6) is 0.833. The van der Waals surface area contributed by atoms with Crippen LogP contribution in [0, 0.1) is 13.8 Å². The summed E-state index contributed by atoms with van der Waals surface area (Å²) >= 11 is 0. The minimum absolute atomic E-state index is 0.174. The van der Waals surface area contributed by atoms with Gasteiger partial charge in [-0.25, -0.2) is 0 Å². The molecule has 7 heteroatoms. The number of carbonyl (C=O) groups is 2. The van der Waals surface area contributed by atoms with E-state index in [4.69, 9.17) is 9.26 Å². The lowest BCUT2D eigenvalue weighted by molar-refractivity contribution is -0.114. The molecule has 2 aromatic carbocycles. The number of aromatic nitrogens is 1. The van der Waals surface area contributed by atoms with E-state index < -0.39 is 0 Å². The van der Waals surface area contributed by atoms with E-state index in [1.54, 1.807) is 48.5 Å². The van der Waals surface area contributed by atoms with Gasteiger partial charge in [0.25, 0.3) is 5.91 Å². The smallest absolute Gasteiger partial charge is 0.255 e. The highest BCUT2D eigenvalue weighted by Gasteiger charge is 2.11. The van der Waals surface area contributed by atoms with Crippen molar-refractivity contribution in [3.63, 3.8) is 0 Å². The number of benzene rings is 2. The van der Waals surface area contributed by atoms with Crippen LogP contribution in [0.3, 0.4) is 0 Å². The third kappa shape index (κ3) is 4.76. The Hall–Kier alpha value is -3.61. The molecular formula is C21H21N3O4. The second-order valence-corrected chi connectivity index (χ2v) is 6.34.